The lowest BCUT2D eigenvalue weighted by atomic mass is 10.1. The van der Waals surface area contributed by atoms with Crippen molar-refractivity contribution in [1.29, 1.82) is 0 Å². The summed E-state index contributed by atoms with van der Waals surface area (Å²) in [5.74, 6) is 0. The van der Waals surface area contributed by atoms with E-state index in [9.17, 15) is 0 Å². The molecule has 0 amide bonds. The molecule has 0 fully saturated rings. The SMILES string of the molecule is CC(C)(N)CNc1ccc(Cl)cc1Br. The van der Waals surface area contributed by atoms with Gasteiger partial charge < -0.3 is 11.1 Å². The Labute approximate surface area is 98.0 Å². The summed E-state index contributed by atoms with van der Waals surface area (Å²) in [4.78, 5) is 0. The molecule has 0 saturated carbocycles. The molecule has 2 nitrogen and oxygen atoms in total. The molecule has 0 aromatic heterocycles. The summed E-state index contributed by atoms with van der Waals surface area (Å²) >= 11 is 9.25. The third kappa shape index (κ3) is 3.86. The fourth-order valence-electron chi connectivity index (χ4n) is 0.956. The topological polar surface area (TPSA) is 38.0 Å². The second-order valence-corrected chi connectivity index (χ2v) is 5.26. The highest BCUT2D eigenvalue weighted by Gasteiger charge is 2.10. The van der Waals surface area contributed by atoms with E-state index in [2.05, 4.69) is 21.2 Å². The van der Waals surface area contributed by atoms with Gasteiger partial charge in [0.05, 0.1) is 0 Å². The maximum atomic E-state index is 5.86. The van der Waals surface area contributed by atoms with Crippen molar-refractivity contribution >= 4 is 33.2 Å². The maximum Gasteiger partial charge on any atom is 0.0486 e. The molecule has 0 aliphatic carbocycles. The van der Waals surface area contributed by atoms with Gasteiger partial charge >= 0.3 is 0 Å². The molecule has 1 aromatic carbocycles. The van der Waals surface area contributed by atoms with Crippen LogP contribution in [0.4, 0.5) is 5.69 Å². The lowest BCUT2D eigenvalue weighted by molar-refractivity contribution is 0.549. The highest BCUT2D eigenvalue weighted by atomic mass is 79.9. The molecule has 78 valence electrons. The van der Waals surface area contributed by atoms with Crippen LogP contribution in [0.15, 0.2) is 22.7 Å². The first-order valence-corrected chi connectivity index (χ1v) is 5.53. The molecule has 0 radical (unpaired) electrons. The highest BCUT2D eigenvalue weighted by Crippen LogP contribution is 2.25. The van der Waals surface area contributed by atoms with Crippen LogP contribution < -0.4 is 11.1 Å². The predicted octanol–water partition coefficient (Wildman–Crippen LogP) is 3.25. The van der Waals surface area contributed by atoms with Crippen LogP contribution in [0.2, 0.25) is 5.02 Å². The second-order valence-electron chi connectivity index (χ2n) is 3.97. The Balaban J connectivity index is 2.68. The molecule has 14 heavy (non-hydrogen) atoms. The smallest absolute Gasteiger partial charge is 0.0486 e. The number of anilines is 1. The van der Waals surface area contributed by atoms with E-state index in [0.29, 0.717) is 6.54 Å². The molecule has 0 spiro atoms. The standard InChI is InChI=1S/C10H14BrClN2/c1-10(2,13)6-14-9-4-3-7(12)5-8(9)11/h3-5,14H,6,13H2,1-2H3. The van der Waals surface area contributed by atoms with Crippen molar-refractivity contribution < 1.29 is 0 Å². The average molecular weight is 278 g/mol. The Morgan fingerprint density at radius 1 is 1.50 bits per heavy atom. The Hall–Kier alpha value is -0.250. The van der Waals surface area contributed by atoms with Crippen LogP contribution in [-0.2, 0) is 0 Å². The number of hydrogen-bond acceptors (Lipinski definition) is 2. The van der Waals surface area contributed by atoms with E-state index in [4.69, 9.17) is 17.3 Å². The Kier molecular flexibility index (Phi) is 3.81. The summed E-state index contributed by atoms with van der Waals surface area (Å²) in [7, 11) is 0. The molecule has 3 N–H and O–H groups in total. The molecule has 0 unspecified atom stereocenters. The Morgan fingerprint density at radius 2 is 2.14 bits per heavy atom. The molecule has 4 heteroatoms. The summed E-state index contributed by atoms with van der Waals surface area (Å²) in [6.07, 6.45) is 0. The lowest BCUT2D eigenvalue weighted by Gasteiger charge is -2.20. The maximum absolute atomic E-state index is 5.86. The number of nitrogens with one attached hydrogen (secondary N) is 1. The monoisotopic (exact) mass is 276 g/mol. The highest BCUT2D eigenvalue weighted by molar-refractivity contribution is 9.10. The fraction of sp³-hybridized carbons (Fsp3) is 0.400. The first-order chi connectivity index (χ1) is 6.38. The summed E-state index contributed by atoms with van der Waals surface area (Å²) in [6, 6.07) is 5.63. The van der Waals surface area contributed by atoms with Gasteiger partial charge in [0.15, 0.2) is 0 Å². The molecule has 0 aliphatic rings. The van der Waals surface area contributed by atoms with E-state index in [1.807, 2.05) is 32.0 Å². The molecule has 0 heterocycles. The zero-order valence-electron chi connectivity index (χ0n) is 8.27. The van der Waals surface area contributed by atoms with Crippen LogP contribution in [0, 0.1) is 0 Å². The summed E-state index contributed by atoms with van der Waals surface area (Å²) < 4.78 is 0.953. The van der Waals surface area contributed by atoms with Gasteiger partial charge in [-0.05, 0) is 48.0 Å². The molecule has 0 saturated heterocycles. The molecular formula is C10H14BrClN2. The van der Waals surface area contributed by atoms with Crippen molar-refractivity contribution in [3.63, 3.8) is 0 Å². The summed E-state index contributed by atoms with van der Waals surface area (Å²) in [5, 5.41) is 3.97. The minimum atomic E-state index is -0.223. The van der Waals surface area contributed by atoms with Crippen LogP contribution in [0.1, 0.15) is 13.8 Å². The predicted molar refractivity (Wildman–Crippen MR) is 65.9 cm³/mol. The van der Waals surface area contributed by atoms with Crippen molar-refractivity contribution in [3.05, 3.63) is 27.7 Å². The largest absolute Gasteiger partial charge is 0.382 e. The Bertz CT molecular complexity index is 320. The molecule has 0 atom stereocenters. The summed E-state index contributed by atoms with van der Waals surface area (Å²) in [6.45, 7) is 4.67. The van der Waals surface area contributed by atoms with Gasteiger partial charge in [-0.2, -0.15) is 0 Å². The van der Waals surface area contributed by atoms with Crippen LogP contribution in [0.3, 0.4) is 0 Å². The van der Waals surface area contributed by atoms with Crippen molar-refractivity contribution in [2.45, 2.75) is 19.4 Å². The average Bonchev–Trinajstić information content (AvgIpc) is 2.00. The van der Waals surface area contributed by atoms with Crippen molar-refractivity contribution in [3.8, 4) is 0 Å². The first kappa shape index (κ1) is 11.8. The van der Waals surface area contributed by atoms with Crippen LogP contribution in [0.5, 0.6) is 0 Å². The van der Waals surface area contributed by atoms with Crippen LogP contribution >= 0.6 is 27.5 Å². The third-order valence-corrected chi connectivity index (χ3v) is 2.56. The number of halogens is 2. The second kappa shape index (κ2) is 4.51. The lowest BCUT2D eigenvalue weighted by Crippen LogP contribution is -2.39. The van der Waals surface area contributed by atoms with E-state index >= 15 is 0 Å². The zero-order valence-corrected chi connectivity index (χ0v) is 10.6. The Morgan fingerprint density at radius 3 is 2.64 bits per heavy atom. The molecular weight excluding hydrogens is 263 g/mol. The van der Waals surface area contributed by atoms with Gasteiger partial charge in [-0.1, -0.05) is 11.6 Å². The van der Waals surface area contributed by atoms with Crippen LogP contribution in [-0.4, -0.2) is 12.1 Å². The molecule has 0 bridgehead atoms. The summed E-state index contributed by atoms with van der Waals surface area (Å²) in [5.41, 5.74) is 6.64. The third-order valence-electron chi connectivity index (χ3n) is 1.67. The van der Waals surface area contributed by atoms with Gasteiger partial charge in [0.2, 0.25) is 0 Å². The quantitative estimate of drug-likeness (QED) is 0.890. The number of nitrogens with two attached hydrogens (primary N) is 1. The first-order valence-electron chi connectivity index (χ1n) is 4.36. The zero-order chi connectivity index (χ0) is 10.8. The van der Waals surface area contributed by atoms with Crippen LogP contribution in [0.25, 0.3) is 0 Å². The molecule has 1 aromatic rings. The fourth-order valence-corrected chi connectivity index (χ4v) is 1.78. The van der Waals surface area contributed by atoms with E-state index in [0.717, 1.165) is 15.2 Å². The van der Waals surface area contributed by atoms with Gasteiger partial charge in [-0.25, -0.2) is 0 Å². The number of benzene rings is 1. The van der Waals surface area contributed by atoms with Gasteiger partial charge in [-0.15, -0.1) is 0 Å². The van der Waals surface area contributed by atoms with Gasteiger partial charge in [0.1, 0.15) is 0 Å². The van der Waals surface area contributed by atoms with E-state index in [-0.39, 0.29) is 5.54 Å². The van der Waals surface area contributed by atoms with E-state index in [1.54, 1.807) is 0 Å². The van der Waals surface area contributed by atoms with Gasteiger partial charge in [0.25, 0.3) is 0 Å². The van der Waals surface area contributed by atoms with E-state index < -0.39 is 0 Å². The van der Waals surface area contributed by atoms with Gasteiger partial charge in [-0.3, -0.25) is 0 Å². The number of hydrogen-bond donors (Lipinski definition) is 2. The number of rotatable bonds is 3. The normalized spacial score (nSPS) is 11.5. The van der Waals surface area contributed by atoms with Crippen molar-refractivity contribution in [2.75, 3.05) is 11.9 Å². The minimum absolute atomic E-state index is 0.223. The van der Waals surface area contributed by atoms with E-state index in [1.165, 1.54) is 0 Å². The van der Waals surface area contributed by atoms with Crippen molar-refractivity contribution in [2.24, 2.45) is 5.73 Å². The molecule has 1 rings (SSSR count). The van der Waals surface area contributed by atoms with Crippen molar-refractivity contribution in [1.82, 2.24) is 0 Å². The minimum Gasteiger partial charge on any atom is -0.382 e. The van der Waals surface area contributed by atoms with Gasteiger partial charge in [0, 0.05) is 27.3 Å². The molecule has 0 aliphatic heterocycles.